The molecule has 2 atom stereocenters. The van der Waals surface area contributed by atoms with E-state index in [0.717, 1.165) is 28.9 Å². The Kier molecular flexibility index (Phi) is 4.98. The zero-order valence-corrected chi connectivity index (χ0v) is 16.5. The fourth-order valence-electron chi connectivity index (χ4n) is 4.36. The molecule has 0 N–H and O–H groups in total. The molecule has 29 heavy (non-hydrogen) atoms. The van der Waals surface area contributed by atoms with Crippen LogP contribution in [0.5, 0.6) is 0 Å². The Bertz CT molecular complexity index is 1040. The molecule has 1 aromatic carbocycles. The summed E-state index contributed by atoms with van der Waals surface area (Å²) in [5, 5.41) is 0.694. The SMILES string of the molecule is Cc1ccc2c(COC(=O)CN3C(=O)[C@H]4CCCC[C@H]4C3=O)cc(=O)oc2c1C. The van der Waals surface area contributed by atoms with Crippen molar-refractivity contribution in [3.8, 4) is 0 Å². The van der Waals surface area contributed by atoms with Crippen molar-refractivity contribution >= 4 is 28.8 Å². The van der Waals surface area contributed by atoms with Crippen molar-refractivity contribution in [2.75, 3.05) is 6.54 Å². The van der Waals surface area contributed by atoms with Gasteiger partial charge in [-0.15, -0.1) is 0 Å². The molecule has 7 nitrogen and oxygen atoms in total. The van der Waals surface area contributed by atoms with Crippen LogP contribution in [0.3, 0.4) is 0 Å². The van der Waals surface area contributed by atoms with Crippen LogP contribution in [0.2, 0.25) is 0 Å². The highest BCUT2D eigenvalue weighted by Gasteiger charge is 2.48. The third-order valence-corrected chi connectivity index (χ3v) is 6.13. The molecule has 2 aliphatic rings. The molecule has 1 saturated heterocycles. The number of ether oxygens (including phenoxy) is 1. The van der Waals surface area contributed by atoms with Gasteiger partial charge in [0, 0.05) is 17.0 Å². The Morgan fingerprint density at radius 3 is 2.41 bits per heavy atom. The minimum atomic E-state index is -0.671. The predicted octanol–water partition coefficient (Wildman–Crippen LogP) is 2.63. The molecule has 1 saturated carbocycles. The van der Waals surface area contributed by atoms with E-state index in [9.17, 15) is 19.2 Å². The monoisotopic (exact) mass is 397 g/mol. The van der Waals surface area contributed by atoms with Crippen molar-refractivity contribution in [2.45, 2.75) is 46.1 Å². The van der Waals surface area contributed by atoms with E-state index in [0.29, 0.717) is 29.4 Å². The number of hydrogen-bond acceptors (Lipinski definition) is 6. The van der Waals surface area contributed by atoms with Gasteiger partial charge in [0.1, 0.15) is 18.7 Å². The molecule has 0 unspecified atom stereocenters. The maximum Gasteiger partial charge on any atom is 0.336 e. The molecule has 7 heteroatoms. The molecular formula is C22H23NO6. The number of aryl methyl sites for hydroxylation is 2. The average molecular weight is 397 g/mol. The Morgan fingerprint density at radius 1 is 1.10 bits per heavy atom. The number of rotatable bonds is 4. The highest BCUT2D eigenvalue weighted by molar-refractivity contribution is 6.07. The van der Waals surface area contributed by atoms with Crippen LogP contribution in [-0.4, -0.2) is 29.2 Å². The van der Waals surface area contributed by atoms with Crippen molar-refractivity contribution in [2.24, 2.45) is 11.8 Å². The first kappa shape index (κ1) is 19.4. The summed E-state index contributed by atoms with van der Waals surface area (Å²) < 4.78 is 10.6. The molecule has 4 rings (SSSR count). The Hall–Kier alpha value is -2.96. The lowest BCUT2D eigenvalue weighted by molar-refractivity contribution is -0.153. The molecule has 0 spiro atoms. The van der Waals surface area contributed by atoms with Crippen LogP contribution in [0.15, 0.2) is 27.4 Å². The summed E-state index contributed by atoms with van der Waals surface area (Å²) >= 11 is 0. The molecule has 2 heterocycles. The fraction of sp³-hybridized carbons (Fsp3) is 0.455. The van der Waals surface area contributed by atoms with Crippen molar-refractivity contribution in [3.63, 3.8) is 0 Å². The van der Waals surface area contributed by atoms with Crippen LogP contribution in [-0.2, 0) is 25.7 Å². The molecule has 0 radical (unpaired) electrons. The lowest BCUT2D eigenvalue weighted by atomic mass is 9.81. The van der Waals surface area contributed by atoms with E-state index in [4.69, 9.17) is 9.15 Å². The number of amides is 2. The van der Waals surface area contributed by atoms with Crippen molar-refractivity contribution in [1.82, 2.24) is 4.90 Å². The maximum atomic E-state index is 12.5. The summed E-state index contributed by atoms with van der Waals surface area (Å²) in [6.45, 7) is 3.26. The summed E-state index contributed by atoms with van der Waals surface area (Å²) in [7, 11) is 0. The van der Waals surface area contributed by atoms with Crippen LogP contribution in [0.1, 0.15) is 42.4 Å². The maximum absolute atomic E-state index is 12.5. The molecule has 2 amide bonds. The van der Waals surface area contributed by atoms with Gasteiger partial charge >= 0.3 is 11.6 Å². The van der Waals surface area contributed by atoms with Crippen molar-refractivity contribution in [3.05, 3.63) is 45.3 Å². The first-order chi connectivity index (χ1) is 13.9. The van der Waals surface area contributed by atoms with Crippen molar-refractivity contribution < 1.29 is 23.5 Å². The van der Waals surface area contributed by atoms with Gasteiger partial charge in [0.15, 0.2) is 0 Å². The lowest BCUT2D eigenvalue weighted by Crippen LogP contribution is -2.36. The number of carbonyl (C=O) groups is 3. The van der Waals surface area contributed by atoms with Crippen LogP contribution in [0.4, 0.5) is 0 Å². The molecule has 152 valence electrons. The summed E-state index contributed by atoms with van der Waals surface area (Å²) in [6.07, 6.45) is 3.26. The molecule has 2 aromatic rings. The van der Waals surface area contributed by atoms with Gasteiger partial charge in [-0.05, 0) is 37.8 Å². The highest BCUT2D eigenvalue weighted by atomic mass is 16.5. The third-order valence-electron chi connectivity index (χ3n) is 6.13. The van der Waals surface area contributed by atoms with E-state index >= 15 is 0 Å². The zero-order valence-electron chi connectivity index (χ0n) is 16.5. The van der Waals surface area contributed by atoms with E-state index in [2.05, 4.69) is 0 Å². The number of fused-ring (bicyclic) bond motifs is 2. The van der Waals surface area contributed by atoms with Crippen LogP contribution in [0, 0.1) is 25.7 Å². The van der Waals surface area contributed by atoms with E-state index < -0.39 is 11.6 Å². The second-order valence-electron chi connectivity index (χ2n) is 7.90. The van der Waals surface area contributed by atoms with E-state index in [-0.39, 0.29) is 36.8 Å². The first-order valence-electron chi connectivity index (χ1n) is 9.90. The van der Waals surface area contributed by atoms with Gasteiger partial charge in [-0.25, -0.2) is 4.79 Å². The number of nitrogens with zero attached hydrogens (tertiary/aromatic N) is 1. The summed E-state index contributed by atoms with van der Waals surface area (Å²) in [5.41, 5.74) is 2.31. The number of carbonyl (C=O) groups excluding carboxylic acids is 3. The van der Waals surface area contributed by atoms with Gasteiger partial charge < -0.3 is 9.15 Å². The molecular weight excluding hydrogens is 374 g/mol. The van der Waals surface area contributed by atoms with E-state index in [1.807, 2.05) is 26.0 Å². The largest absolute Gasteiger partial charge is 0.459 e. The van der Waals surface area contributed by atoms with E-state index in [1.165, 1.54) is 6.07 Å². The highest BCUT2D eigenvalue weighted by Crippen LogP contribution is 2.37. The lowest BCUT2D eigenvalue weighted by Gasteiger charge is -2.19. The third kappa shape index (κ3) is 3.45. The van der Waals surface area contributed by atoms with Crippen LogP contribution < -0.4 is 5.63 Å². The van der Waals surface area contributed by atoms with E-state index in [1.54, 1.807) is 0 Å². The quantitative estimate of drug-likeness (QED) is 0.447. The Morgan fingerprint density at radius 2 is 1.76 bits per heavy atom. The van der Waals surface area contributed by atoms with Gasteiger partial charge in [0.25, 0.3) is 0 Å². The fourth-order valence-corrected chi connectivity index (χ4v) is 4.36. The minimum Gasteiger partial charge on any atom is -0.459 e. The number of imide groups is 1. The number of likely N-dealkylation sites (tertiary alicyclic amines) is 1. The predicted molar refractivity (Wildman–Crippen MR) is 104 cm³/mol. The van der Waals surface area contributed by atoms with Gasteiger partial charge in [-0.2, -0.15) is 0 Å². The number of esters is 1. The second kappa shape index (κ2) is 7.46. The summed E-state index contributed by atoms with van der Waals surface area (Å²) in [4.78, 5) is 50.3. The number of benzene rings is 1. The smallest absolute Gasteiger partial charge is 0.336 e. The molecule has 1 aliphatic carbocycles. The Labute approximate surface area is 167 Å². The van der Waals surface area contributed by atoms with Gasteiger partial charge in [0.2, 0.25) is 11.8 Å². The number of hydrogen-bond donors (Lipinski definition) is 0. The minimum absolute atomic E-state index is 0.132. The Balaban J connectivity index is 1.48. The topological polar surface area (TPSA) is 93.9 Å². The van der Waals surface area contributed by atoms with Gasteiger partial charge in [0.05, 0.1) is 11.8 Å². The van der Waals surface area contributed by atoms with Crippen LogP contribution in [0.25, 0.3) is 11.0 Å². The normalized spacial score (nSPS) is 21.5. The second-order valence-corrected chi connectivity index (χ2v) is 7.90. The molecule has 2 fully saturated rings. The first-order valence-corrected chi connectivity index (χ1v) is 9.90. The standard InChI is InChI=1S/C22H23NO6/c1-12-7-8-15-14(9-18(24)29-20(15)13(12)2)11-28-19(25)10-23-21(26)16-5-3-4-6-17(16)22(23)27/h7-9,16-17H,3-6,10-11H2,1-2H3/t16-,17+. The molecule has 1 aromatic heterocycles. The zero-order chi connectivity index (χ0) is 20.7. The van der Waals surface area contributed by atoms with Gasteiger partial charge in [-0.1, -0.05) is 25.0 Å². The van der Waals surface area contributed by atoms with Crippen LogP contribution >= 0.6 is 0 Å². The molecule has 1 aliphatic heterocycles. The van der Waals surface area contributed by atoms with Gasteiger partial charge in [-0.3, -0.25) is 19.3 Å². The summed E-state index contributed by atoms with van der Waals surface area (Å²) in [5.74, 6) is -1.80. The summed E-state index contributed by atoms with van der Waals surface area (Å²) in [6, 6.07) is 5.03. The van der Waals surface area contributed by atoms with Crippen molar-refractivity contribution in [1.29, 1.82) is 0 Å². The average Bonchev–Trinajstić information content (AvgIpc) is 2.94. The molecule has 0 bridgehead atoms.